The van der Waals surface area contributed by atoms with E-state index in [2.05, 4.69) is 10.4 Å². The van der Waals surface area contributed by atoms with E-state index < -0.39 is 33.4 Å². The van der Waals surface area contributed by atoms with E-state index in [0.717, 1.165) is 23.1 Å². The van der Waals surface area contributed by atoms with Crippen molar-refractivity contribution in [3.8, 4) is 10.6 Å². The van der Waals surface area contributed by atoms with Crippen molar-refractivity contribution in [2.24, 2.45) is 0 Å². The molecule has 5 rings (SSSR count). The summed E-state index contributed by atoms with van der Waals surface area (Å²) >= 11 is 1.43. The molecule has 1 fully saturated rings. The molecule has 33 heavy (non-hydrogen) atoms. The molecule has 1 atom stereocenters. The molecule has 1 amide bonds. The lowest BCUT2D eigenvalue weighted by atomic mass is 10.1. The summed E-state index contributed by atoms with van der Waals surface area (Å²) in [4.78, 5) is 18.8. The number of carbonyl (C=O) groups is 1. The molecule has 1 aromatic carbocycles. The van der Waals surface area contributed by atoms with Gasteiger partial charge in [0.15, 0.2) is 15.5 Å². The third kappa shape index (κ3) is 4.02. The van der Waals surface area contributed by atoms with Crippen molar-refractivity contribution in [3.63, 3.8) is 0 Å². The molecule has 1 aliphatic heterocycles. The van der Waals surface area contributed by atoms with Gasteiger partial charge < -0.3 is 5.32 Å². The summed E-state index contributed by atoms with van der Waals surface area (Å²) in [5.74, 6) is -2.08. The zero-order valence-electron chi connectivity index (χ0n) is 17.4. The van der Waals surface area contributed by atoms with Gasteiger partial charge >= 0.3 is 0 Å². The van der Waals surface area contributed by atoms with Gasteiger partial charge in [-0.1, -0.05) is 6.07 Å². The van der Waals surface area contributed by atoms with Crippen molar-refractivity contribution in [2.45, 2.75) is 19.4 Å². The van der Waals surface area contributed by atoms with Gasteiger partial charge in [-0.2, -0.15) is 5.10 Å². The molecule has 1 aliphatic rings. The molecule has 7 nitrogen and oxygen atoms in total. The SMILES string of the molecule is Cc1nn([C@H]2CCS(=O)(=O)C2)c2nc(-c3cccs3)cc(C(=O)Nc3cc(F)ccc3F)c12. The molecule has 0 spiro atoms. The topological polar surface area (TPSA) is 93.9 Å². The molecule has 0 aliphatic carbocycles. The molecule has 170 valence electrons. The van der Waals surface area contributed by atoms with Crippen molar-refractivity contribution < 1.29 is 22.0 Å². The smallest absolute Gasteiger partial charge is 0.256 e. The maximum Gasteiger partial charge on any atom is 0.256 e. The maximum atomic E-state index is 14.2. The number of nitrogens with zero attached hydrogens (tertiary/aromatic N) is 3. The quantitative estimate of drug-likeness (QED) is 0.461. The third-order valence-electron chi connectivity index (χ3n) is 5.59. The second-order valence-corrected chi connectivity index (χ2v) is 11.1. The first-order valence-corrected chi connectivity index (χ1v) is 12.8. The number of sulfone groups is 1. The molecule has 0 unspecified atom stereocenters. The van der Waals surface area contributed by atoms with Gasteiger partial charge in [-0.25, -0.2) is 26.9 Å². The second kappa shape index (κ2) is 7.99. The molecule has 1 saturated heterocycles. The number of halogens is 2. The van der Waals surface area contributed by atoms with Crippen molar-refractivity contribution >= 4 is 43.8 Å². The van der Waals surface area contributed by atoms with Crippen LogP contribution in [0.1, 0.15) is 28.5 Å². The van der Waals surface area contributed by atoms with E-state index in [1.807, 2.05) is 17.5 Å². The second-order valence-electron chi connectivity index (χ2n) is 7.90. The van der Waals surface area contributed by atoms with Gasteiger partial charge in [-0.3, -0.25) is 4.79 Å². The number of nitrogens with one attached hydrogen (secondary N) is 1. The van der Waals surface area contributed by atoms with Crippen LogP contribution in [0.25, 0.3) is 21.6 Å². The standard InChI is InChI=1S/C22H18F2N4O3S2/c1-12-20-15(22(29)26-17-9-13(23)4-5-16(17)24)10-18(19-3-2-7-32-19)25-21(20)28(27-12)14-6-8-33(30,31)11-14/h2-5,7,9-10,14H,6,8,11H2,1H3,(H,26,29)/t14-/m0/s1. The van der Waals surface area contributed by atoms with Gasteiger partial charge in [0.1, 0.15) is 11.6 Å². The normalized spacial score (nSPS) is 17.5. The van der Waals surface area contributed by atoms with Crippen molar-refractivity contribution in [1.29, 1.82) is 0 Å². The van der Waals surface area contributed by atoms with Crippen LogP contribution < -0.4 is 5.32 Å². The Hall–Kier alpha value is -3.18. The highest BCUT2D eigenvalue weighted by Gasteiger charge is 2.32. The van der Waals surface area contributed by atoms with Crippen LogP contribution in [0.4, 0.5) is 14.5 Å². The predicted molar refractivity (Wildman–Crippen MR) is 122 cm³/mol. The lowest BCUT2D eigenvalue weighted by Crippen LogP contribution is -2.15. The van der Waals surface area contributed by atoms with E-state index in [9.17, 15) is 22.0 Å². The summed E-state index contributed by atoms with van der Waals surface area (Å²) in [6.45, 7) is 1.70. The van der Waals surface area contributed by atoms with Gasteiger partial charge in [-0.05, 0) is 43.0 Å². The minimum absolute atomic E-state index is 0.0514. The number of thiophene rings is 1. The number of pyridine rings is 1. The fourth-order valence-electron chi connectivity index (χ4n) is 4.05. The Labute approximate surface area is 192 Å². The average molecular weight is 489 g/mol. The van der Waals surface area contributed by atoms with Crippen LogP contribution in [0.5, 0.6) is 0 Å². The molecule has 1 N–H and O–H groups in total. The lowest BCUT2D eigenvalue weighted by Gasteiger charge is -2.12. The zero-order valence-corrected chi connectivity index (χ0v) is 19.0. The number of aromatic nitrogens is 3. The first-order chi connectivity index (χ1) is 15.7. The molecule has 4 aromatic rings. The van der Waals surface area contributed by atoms with Gasteiger partial charge in [0.25, 0.3) is 5.91 Å². The Balaban J connectivity index is 1.67. The van der Waals surface area contributed by atoms with Crippen LogP contribution in [0.3, 0.4) is 0 Å². The van der Waals surface area contributed by atoms with Gasteiger partial charge in [0.2, 0.25) is 0 Å². The summed E-state index contributed by atoms with van der Waals surface area (Å²) in [5.41, 5.74) is 1.28. The van der Waals surface area contributed by atoms with Gasteiger partial charge in [-0.15, -0.1) is 11.3 Å². The maximum absolute atomic E-state index is 14.2. The number of hydrogen-bond donors (Lipinski definition) is 1. The number of amides is 1. The summed E-state index contributed by atoms with van der Waals surface area (Å²) in [6.07, 6.45) is 0.402. The number of rotatable bonds is 4. The molecule has 3 aromatic heterocycles. The number of fused-ring (bicyclic) bond motifs is 1. The number of hydrogen-bond acceptors (Lipinski definition) is 6. The number of carbonyl (C=O) groups excluding carboxylic acids is 1. The van der Waals surface area contributed by atoms with Gasteiger partial charge in [0, 0.05) is 6.07 Å². The van der Waals surface area contributed by atoms with Crippen molar-refractivity contribution in [3.05, 3.63) is 64.7 Å². The fraction of sp³-hybridized carbons (Fsp3) is 0.227. The number of aryl methyl sites for hydroxylation is 1. The molecule has 4 heterocycles. The molecule has 11 heteroatoms. The third-order valence-corrected chi connectivity index (χ3v) is 8.23. The first-order valence-electron chi connectivity index (χ1n) is 10.1. The number of benzene rings is 1. The van der Waals surface area contributed by atoms with Crippen LogP contribution in [0.15, 0.2) is 41.8 Å². The van der Waals surface area contributed by atoms with Crippen LogP contribution in [-0.2, 0) is 9.84 Å². The van der Waals surface area contributed by atoms with E-state index in [4.69, 9.17) is 4.98 Å². The van der Waals surface area contributed by atoms with E-state index in [1.165, 1.54) is 11.3 Å². The highest BCUT2D eigenvalue weighted by Crippen LogP contribution is 2.33. The summed E-state index contributed by atoms with van der Waals surface area (Å²) in [5, 5.41) is 9.27. The monoisotopic (exact) mass is 488 g/mol. The van der Waals surface area contributed by atoms with E-state index in [0.29, 0.717) is 28.8 Å². The van der Waals surface area contributed by atoms with Crippen LogP contribution in [-0.4, -0.2) is 40.6 Å². The predicted octanol–water partition coefficient (Wildman–Crippen LogP) is 4.36. The first kappa shape index (κ1) is 21.7. The molecular weight excluding hydrogens is 470 g/mol. The van der Waals surface area contributed by atoms with Crippen LogP contribution >= 0.6 is 11.3 Å². The largest absolute Gasteiger partial charge is 0.319 e. The Morgan fingerprint density at radius 2 is 2.06 bits per heavy atom. The number of anilines is 1. The average Bonchev–Trinajstić information content (AvgIpc) is 3.49. The van der Waals surface area contributed by atoms with Crippen molar-refractivity contribution in [1.82, 2.24) is 14.8 Å². The minimum Gasteiger partial charge on any atom is -0.319 e. The highest BCUT2D eigenvalue weighted by molar-refractivity contribution is 7.91. The van der Waals surface area contributed by atoms with Crippen molar-refractivity contribution in [2.75, 3.05) is 16.8 Å². The summed E-state index contributed by atoms with van der Waals surface area (Å²) in [7, 11) is -3.18. The van der Waals surface area contributed by atoms with E-state index in [-0.39, 0.29) is 22.8 Å². The Bertz CT molecular complexity index is 1500. The van der Waals surface area contributed by atoms with E-state index >= 15 is 0 Å². The molecule has 0 radical (unpaired) electrons. The van der Waals surface area contributed by atoms with Crippen LogP contribution in [0.2, 0.25) is 0 Å². The molecular formula is C22H18F2N4O3S2. The van der Waals surface area contributed by atoms with E-state index in [1.54, 1.807) is 17.7 Å². The Kier molecular flexibility index (Phi) is 5.25. The minimum atomic E-state index is -3.18. The zero-order chi connectivity index (χ0) is 23.3. The highest BCUT2D eigenvalue weighted by atomic mass is 32.2. The molecule has 0 bridgehead atoms. The lowest BCUT2D eigenvalue weighted by molar-refractivity contribution is 0.102. The summed E-state index contributed by atoms with van der Waals surface area (Å²) in [6, 6.07) is 7.70. The Morgan fingerprint density at radius 3 is 2.76 bits per heavy atom. The van der Waals surface area contributed by atoms with Gasteiger partial charge in [0.05, 0.1) is 50.4 Å². The summed E-state index contributed by atoms with van der Waals surface area (Å²) < 4.78 is 53.5. The molecule has 0 saturated carbocycles. The Morgan fingerprint density at radius 1 is 1.24 bits per heavy atom. The fourth-order valence-corrected chi connectivity index (χ4v) is 6.43. The van der Waals surface area contributed by atoms with Crippen LogP contribution in [0, 0.1) is 18.6 Å².